The second kappa shape index (κ2) is 3.27. The molecule has 1 aromatic rings. The Bertz CT molecular complexity index is 186. The zero-order valence-corrected chi connectivity index (χ0v) is 5.86. The monoisotopic (exact) mass is 138 g/mol. The molecule has 1 heterocycles. The minimum absolute atomic E-state index is 0.336. The van der Waals surface area contributed by atoms with Crippen molar-refractivity contribution in [3.63, 3.8) is 0 Å². The summed E-state index contributed by atoms with van der Waals surface area (Å²) < 4.78 is 0. The Morgan fingerprint density at radius 2 is 2.40 bits per heavy atom. The molecule has 0 aliphatic carbocycles. The average molecular weight is 138 g/mol. The van der Waals surface area contributed by atoms with Crippen molar-refractivity contribution in [1.29, 1.82) is 0 Å². The Hall–Kier alpha value is -0.960. The molecule has 54 valence electrons. The van der Waals surface area contributed by atoms with Crippen LogP contribution in [-0.2, 0) is 6.42 Å². The third kappa shape index (κ3) is 2.11. The molecular formula is C7H10N2O. The zero-order valence-electron chi connectivity index (χ0n) is 5.86. The molecule has 0 aromatic carbocycles. The molecule has 0 saturated carbocycles. The van der Waals surface area contributed by atoms with Crippen molar-refractivity contribution in [1.82, 2.24) is 9.97 Å². The normalized spacial score (nSPS) is 13.0. The highest BCUT2D eigenvalue weighted by molar-refractivity contribution is 4.95. The molecular weight excluding hydrogens is 128 g/mol. The number of nitrogens with zero attached hydrogens (tertiary/aromatic N) is 2. The summed E-state index contributed by atoms with van der Waals surface area (Å²) in [5.41, 5.74) is 0.831. The van der Waals surface area contributed by atoms with Crippen molar-refractivity contribution >= 4 is 0 Å². The van der Waals surface area contributed by atoms with Gasteiger partial charge in [-0.2, -0.15) is 0 Å². The van der Waals surface area contributed by atoms with Gasteiger partial charge in [-0.3, -0.25) is 9.97 Å². The molecule has 1 atom stereocenters. The SMILES string of the molecule is CC(O)Cc1cnccn1. The van der Waals surface area contributed by atoms with E-state index in [-0.39, 0.29) is 6.10 Å². The van der Waals surface area contributed by atoms with Gasteiger partial charge in [0.25, 0.3) is 0 Å². The van der Waals surface area contributed by atoms with Gasteiger partial charge in [-0.25, -0.2) is 0 Å². The molecule has 0 fully saturated rings. The van der Waals surface area contributed by atoms with E-state index in [1.54, 1.807) is 25.5 Å². The Morgan fingerprint density at radius 3 is 2.90 bits per heavy atom. The third-order valence-corrected chi connectivity index (χ3v) is 1.12. The standard InChI is InChI=1S/C7H10N2O/c1-6(10)4-7-5-8-2-3-9-7/h2-3,5-6,10H,4H2,1H3. The first kappa shape index (κ1) is 7.15. The van der Waals surface area contributed by atoms with Crippen molar-refractivity contribution in [2.24, 2.45) is 0 Å². The van der Waals surface area contributed by atoms with E-state index in [9.17, 15) is 0 Å². The number of rotatable bonds is 2. The van der Waals surface area contributed by atoms with Crippen LogP contribution in [0.1, 0.15) is 12.6 Å². The summed E-state index contributed by atoms with van der Waals surface area (Å²) >= 11 is 0. The van der Waals surface area contributed by atoms with Crippen LogP contribution in [0, 0.1) is 0 Å². The quantitative estimate of drug-likeness (QED) is 0.643. The van der Waals surface area contributed by atoms with Crippen LogP contribution in [0.15, 0.2) is 18.6 Å². The van der Waals surface area contributed by atoms with Crippen LogP contribution < -0.4 is 0 Å². The van der Waals surface area contributed by atoms with Gasteiger partial charge in [0.2, 0.25) is 0 Å². The van der Waals surface area contributed by atoms with Gasteiger partial charge in [0.1, 0.15) is 0 Å². The first-order chi connectivity index (χ1) is 4.79. The van der Waals surface area contributed by atoms with Crippen LogP contribution in [0.4, 0.5) is 0 Å². The van der Waals surface area contributed by atoms with E-state index in [4.69, 9.17) is 5.11 Å². The highest BCUT2D eigenvalue weighted by Gasteiger charge is 1.97. The van der Waals surface area contributed by atoms with Crippen molar-refractivity contribution < 1.29 is 5.11 Å². The summed E-state index contributed by atoms with van der Waals surface area (Å²) in [4.78, 5) is 7.86. The Kier molecular flexibility index (Phi) is 2.34. The maximum atomic E-state index is 8.94. The topological polar surface area (TPSA) is 46.0 Å². The van der Waals surface area contributed by atoms with Gasteiger partial charge in [-0.1, -0.05) is 0 Å². The number of hydrogen-bond acceptors (Lipinski definition) is 3. The lowest BCUT2D eigenvalue weighted by atomic mass is 10.2. The molecule has 0 aliphatic rings. The Balaban J connectivity index is 2.59. The Labute approximate surface area is 59.8 Å². The molecule has 0 amide bonds. The Morgan fingerprint density at radius 1 is 1.60 bits per heavy atom. The lowest BCUT2D eigenvalue weighted by Crippen LogP contribution is -2.05. The van der Waals surface area contributed by atoms with Crippen LogP contribution in [0.5, 0.6) is 0 Å². The number of aliphatic hydroxyl groups is 1. The van der Waals surface area contributed by atoms with Gasteiger partial charge in [0, 0.05) is 25.0 Å². The van der Waals surface area contributed by atoms with E-state index >= 15 is 0 Å². The molecule has 1 N–H and O–H groups in total. The fraction of sp³-hybridized carbons (Fsp3) is 0.429. The molecule has 10 heavy (non-hydrogen) atoms. The van der Waals surface area contributed by atoms with E-state index < -0.39 is 0 Å². The second-order valence-electron chi connectivity index (χ2n) is 2.25. The largest absolute Gasteiger partial charge is 0.393 e. The van der Waals surface area contributed by atoms with E-state index in [1.165, 1.54) is 0 Å². The highest BCUT2D eigenvalue weighted by atomic mass is 16.3. The zero-order chi connectivity index (χ0) is 7.40. The molecule has 0 bridgehead atoms. The van der Waals surface area contributed by atoms with E-state index in [1.807, 2.05) is 0 Å². The summed E-state index contributed by atoms with van der Waals surface area (Å²) in [6.07, 6.45) is 5.14. The minimum Gasteiger partial charge on any atom is -0.393 e. The van der Waals surface area contributed by atoms with Gasteiger partial charge in [0.05, 0.1) is 11.8 Å². The van der Waals surface area contributed by atoms with Gasteiger partial charge >= 0.3 is 0 Å². The van der Waals surface area contributed by atoms with Gasteiger partial charge in [-0.05, 0) is 6.92 Å². The molecule has 0 saturated heterocycles. The average Bonchev–Trinajstić information content (AvgIpc) is 1.88. The minimum atomic E-state index is -0.336. The number of hydrogen-bond donors (Lipinski definition) is 1. The summed E-state index contributed by atoms with van der Waals surface area (Å²) in [6, 6.07) is 0. The fourth-order valence-corrected chi connectivity index (χ4v) is 0.738. The molecule has 1 unspecified atom stereocenters. The summed E-state index contributed by atoms with van der Waals surface area (Å²) in [6.45, 7) is 1.73. The lowest BCUT2D eigenvalue weighted by Gasteiger charge is -2.00. The van der Waals surface area contributed by atoms with E-state index in [2.05, 4.69) is 9.97 Å². The second-order valence-corrected chi connectivity index (χ2v) is 2.25. The molecule has 3 nitrogen and oxygen atoms in total. The third-order valence-electron chi connectivity index (χ3n) is 1.12. The van der Waals surface area contributed by atoms with Crippen molar-refractivity contribution in [2.75, 3.05) is 0 Å². The number of aliphatic hydroxyl groups excluding tert-OH is 1. The molecule has 1 rings (SSSR count). The van der Waals surface area contributed by atoms with Crippen molar-refractivity contribution in [3.05, 3.63) is 24.3 Å². The van der Waals surface area contributed by atoms with Gasteiger partial charge in [-0.15, -0.1) is 0 Å². The highest BCUT2D eigenvalue weighted by Crippen LogP contribution is 1.95. The summed E-state index contributed by atoms with van der Waals surface area (Å²) in [7, 11) is 0. The molecule has 0 spiro atoms. The summed E-state index contributed by atoms with van der Waals surface area (Å²) in [5, 5.41) is 8.94. The van der Waals surface area contributed by atoms with Gasteiger partial charge in [0.15, 0.2) is 0 Å². The summed E-state index contributed by atoms with van der Waals surface area (Å²) in [5.74, 6) is 0. The van der Waals surface area contributed by atoms with Crippen LogP contribution in [0.2, 0.25) is 0 Å². The van der Waals surface area contributed by atoms with Gasteiger partial charge < -0.3 is 5.11 Å². The van der Waals surface area contributed by atoms with E-state index in [0.29, 0.717) is 6.42 Å². The molecule has 0 aliphatic heterocycles. The van der Waals surface area contributed by atoms with Crippen LogP contribution >= 0.6 is 0 Å². The fourth-order valence-electron chi connectivity index (χ4n) is 0.738. The van der Waals surface area contributed by atoms with Crippen molar-refractivity contribution in [3.8, 4) is 0 Å². The maximum Gasteiger partial charge on any atom is 0.0612 e. The lowest BCUT2D eigenvalue weighted by molar-refractivity contribution is 0.194. The van der Waals surface area contributed by atoms with Crippen LogP contribution in [-0.4, -0.2) is 21.2 Å². The van der Waals surface area contributed by atoms with Crippen molar-refractivity contribution in [2.45, 2.75) is 19.4 Å². The molecule has 3 heteroatoms. The maximum absolute atomic E-state index is 8.94. The predicted molar refractivity (Wildman–Crippen MR) is 37.4 cm³/mol. The first-order valence-electron chi connectivity index (χ1n) is 3.22. The first-order valence-corrected chi connectivity index (χ1v) is 3.22. The van der Waals surface area contributed by atoms with Crippen LogP contribution in [0.25, 0.3) is 0 Å². The smallest absolute Gasteiger partial charge is 0.0612 e. The van der Waals surface area contributed by atoms with Crippen LogP contribution in [0.3, 0.4) is 0 Å². The molecule has 0 radical (unpaired) electrons. The predicted octanol–water partition coefficient (Wildman–Crippen LogP) is 0.400. The van der Waals surface area contributed by atoms with E-state index in [0.717, 1.165) is 5.69 Å². The number of aromatic nitrogens is 2. The molecule has 1 aromatic heterocycles.